The number of carbonyl (C=O) groups excluding carboxylic acids is 1. The standard InChI is InChI=1S/C15H10BrNO5S2/c16-6-1-2-8-7(3-6)10-11-12(17-14(21)24-11)23-5-15(10,4-9(18)19)13(20)22-8/h1-3,10H,4-5H2,(H,17,21)(H,18,19)/t10-,15+/m0/s1. The van der Waals surface area contributed by atoms with Crippen molar-refractivity contribution >= 4 is 51.0 Å². The van der Waals surface area contributed by atoms with E-state index < -0.39 is 23.3 Å². The number of H-pyrrole nitrogens is 1. The normalized spacial score (nSPS) is 24.5. The number of carboxylic acids is 1. The first-order chi connectivity index (χ1) is 11.4. The van der Waals surface area contributed by atoms with E-state index in [9.17, 15) is 19.5 Å². The first kappa shape index (κ1) is 15.9. The Morgan fingerprint density at radius 2 is 2.25 bits per heavy atom. The molecule has 0 spiro atoms. The molecule has 0 aliphatic carbocycles. The lowest BCUT2D eigenvalue weighted by molar-refractivity contribution is -0.154. The van der Waals surface area contributed by atoms with Gasteiger partial charge in [-0.15, -0.1) is 11.8 Å². The molecule has 0 amide bonds. The maximum absolute atomic E-state index is 12.8. The van der Waals surface area contributed by atoms with Crippen molar-refractivity contribution in [2.75, 3.05) is 5.75 Å². The van der Waals surface area contributed by atoms with Crippen LogP contribution >= 0.6 is 39.0 Å². The molecule has 6 nitrogen and oxygen atoms in total. The van der Waals surface area contributed by atoms with Gasteiger partial charge in [0.15, 0.2) is 0 Å². The third-order valence-corrected chi connectivity index (χ3v) is 7.13. The van der Waals surface area contributed by atoms with E-state index in [4.69, 9.17) is 4.74 Å². The Bertz CT molecular complexity index is 936. The number of halogens is 1. The van der Waals surface area contributed by atoms with Gasteiger partial charge >= 0.3 is 16.8 Å². The van der Waals surface area contributed by atoms with Crippen molar-refractivity contribution in [1.82, 2.24) is 4.98 Å². The van der Waals surface area contributed by atoms with Crippen LogP contribution in [0.5, 0.6) is 5.75 Å². The van der Waals surface area contributed by atoms with Gasteiger partial charge in [-0.3, -0.25) is 14.4 Å². The summed E-state index contributed by atoms with van der Waals surface area (Å²) in [4.78, 5) is 39.3. The van der Waals surface area contributed by atoms with Gasteiger partial charge in [0.1, 0.15) is 11.2 Å². The van der Waals surface area contributed by atoms with Gasteiger partial charge in [-0.05, 0) is 18.2 Å². The molecule has 3 heterocycles. The van der Waals surface area contributed by atoms with Gasteiger partial charge in [0.25, 0.3) is 0 Å². The highest BCUT2D eigenvalue weighted by Gasteiger charge is 2.57. The minimum absolute atomic E-state index is 0.214. The third-order valence-electron chi connectivity index (χ3n) is 4.29. The van der Waals surface area contributed by atoms with Crippen LogP contribution in [0.25, 0.3) is 0 Å². The Balaban J connectivity index is 2.01. The monoisotopic (exact) mass is 427 g/mol. The number of aromatic nitrogens is 1. The van der Waals surface area contributed by atoms with E-state index in [1.807, 2.05) is 6.07 Å². The zero-order chi connectivity index (χ0) is 17.1. The number of hydrogen-bond donors (Lipinski definition) is 2. The molecule has 0 unspecified atom stereocenters. The number of hydrogen-bond acceptors (Lipinski definition) is 6. The fraction of sp³-hybridized carbons (Fsp3) is 0.267. The molecule has 1 aromatic heterocycles. The molecule has 4 rings (SSSR count). The molecule has 9 heteroatoms. The first-order valence-corrected chi connectivity index (χ1v) is 9.59. The molecular weight excluding hydrogens is 418 g/mol. The van der Waals surface area contributed by atoms with E-state index in [1.54, 1.807) is 12.1 Å². The van der Waals surface area contributed by atoms with Gasteiger partial charge in [0.05, 0.1) is 11.4 Å². The third kappa shape index (κ3) is 2.26. The van der Waals surface area contributed by atoms with Crippen LogP contribution in [0, 0.1) is 5.41 Å². The maximum Gasteiger partial charge on any atom is 0.319 e. The van der Waals surface area contributed by atoms with Crippen molar-refractivity contribution in [1.29, 1.82) is 0 Å². The molecule has 0 fully saturated rings. The summed E-state index contributed by atoms with van der Waals surface area (Å²) in [6.45, 7) is 0. The molecule has 2 aliphatic heterocycles. The van der Waals surface area contributed by atoms with Crippen molar-refractivity contribution in [3.63, 3.8) is 0 Å². The lowest BCUT2D eigenvalue weighted by Gasteiger charge is -2.43. The second-order valence-corrected chi connectivity index (χ2v) is 8.64. The molecule has 0 saturated heterocycles. The molecular formula is C15H10BrNO5S2. The van der Waals surface area contributed by atoms with E-state index in [1.165, 1.54) is 11.8 Å². The highest BCUT2D eigenvalue weighted by Crippen LogP contribution is 2.58. The number of aromatic amines is 1. The van der Waals surface area contributed by atoms with Crippen molar-refractivity contribution < 1.29 is 19.4 Å². The number of rotatable bonds is 2. The Kier molecular flexibility index (Phi) is 3.63. The van der Waals surface area contributed by atoms with E-state index in [-0.39, 0.29) is 17.0 Å². The average molecular weight is 428 g/mol. The van der Waals surface area contributed by atoms with Crippen molar-refractivity contribution in [3.8, 4) is 5.75 Å². The Hall–Kier alpha value is -1.58. The summed E-state index contributed by atoms with van der Waals surface area (Å²) in [6, 6.07) is 5.26. The average Bonchev–Trinajstić information content (AvgIpc) is 2.88. The molecule has 0 bridgehead atoms. The molecule has 1 aromatic carbocycles. The molecule has 2 N–H and O–H groups in total. The molecule has 0 saturated carbocycles. The van der Waals surface area contributed by atoms with Gasteiger partial charge in [0, 0.05) is 26.6 Å². The summed E-state index contributed by atoms with van der Waals surface area (Å²) in [6.07, 6.45) is -0.346. The molecule has 2 aromatic rings. The predicted octanol–water partition coefficient (Wildman–Crippen LogP) is 2.82. The van der Waals surface area contributed by atoms with Crippen LogP contribution in [-0.2, 0) is 9.59 Å². The summed E-state index contributed by atoms with van der Waals surface area (Å²) < 4.78 is 6.26. The lowest BCUT2D eigenvalue weighted by Crippen LogP contribution is -2.48. The number of thioether (sulfide) groups is 1. The highest BCUT2D eigenvalue weighted by molar-refractivity contribution is 9.10. The number of ether oxygens (including phenoxy) is 1. The number of aliphatic carboxylic acids is 1. The van der Waals surface area contributed by atoms with E-state index >= 15 is 0 Å². The Morgan fingerprint density at radius 1 is 1.46 bits per heavy atom. The van der Waals surface area contributed by atoms with Gasteiger partial charge < -0.3 is 14.8 Å². The van der Waals surface area contributed by atoms with Gasteiger partial charge in [-0.1, -0.05) is 27.3 Å². The SMILES string of the molecule is O=C(O)C[C@@]12CSc3[nH]c(=O)sc3[C@@H]1c1cc(Br)ccc1OC2=O. The van der Waals surface area contributed by atoms with E-state index in [2.05, 4.69) is 20.9 Å². The minimum atomic E-state index is -1.22. The Labute approximate surface area is 152 Å². The fourth-order valence-electron chi connectivity index (χ4n) is 3.31. The maximum atomic E-state index is 12.8. The number of esters is 1. The van der Waals surface area contributed by atoms with Crippen LogP contribution in [-0.4, -0.2) is 27.8 Å². The number of fused-ring (bicyclic) bond motifs is 5. The Morgan fingerprint density at radius 3 is 3.00 bits per heavy atom. The molecule has 124 valence electrons. The number of carbonyl (C=O) groups is 2. The van der Waals surface area contributed by atoms with Crippen molar-refractivity contribution in [3.05, 3.63) is 42.8 Å². The second-order valence-electron chi connectivity index (χ2n) is 5.73. The summed E-state index contributed by atoms with van der Waals surface area (Å²) in [5.41, 5.74) is -0.496. The fourth-order valence-corrected chi connectivity index (χ4v) is 6.23. The highest BCUT2D eigenvalue weighted by atomic mass is 79.9. The van der Waals surface area contributed by atoms with E-state index in [0.717, 1.165) is 21.4 Å². The summed E-state index contributed by atoms with van der Waals surface area (Å²) in [5, 5.41) is 10.1. The molecule has 2 atom stereocenters. The summed E-state index contributed by atoms with van der Waals surface area (Å²) in [5.74, 6) is -1.48. The first-order valence-electron chi connectivity index (χ1n) is 7.00. The van der Waals surface area contributed by atoms with Gasteiger partial charge in [-0.25, -0.2) is 0 Å². The number of thiazole rings is 1. The van der Waals surface area contributed by atoms with Crippen molar-refractivity contribution in [2.45, 2.75) is 17.4 Å². The topological polar surface area (TPSA) is 96.5 Å². The number of benzene rings is 1. The number of nitrogens with one attached hydrogen (secondary N) is 1. The largest absolute Gasteiger partial charge is 0.481 e. The van der Waals surface area contributed by atoms with Crippen LogP contribution in [0.3, 0.4) is 0 Å². The predicted molar refractivity (Wildman–Crippen MR) is 92.0 cm³/mol. The zero-order valence-electron chi connectivity index (χ0n) is 12.0. The van der Waals surface area contributed by atoms with Crippen LogP contribution < -0.4 is 9.61 Å². The zero-order valence-corrected chi connectivity index (χ0v) is 15.2. The quantitative estimate of drug-likeness (QED) is 0.564. The summed E-state index contributed by atoms with van der Waals surface area (Å²) in [7, 11) is 0. The van der Waals surface area contributed by atoms with Crippen LogP contribution in [0.1, 0.15) is 22.8 Å². The van der Waals surface area contributed by atoms with E-state index in [0.29, 0.717) is 15.7 Å². The van der Waals surface area contributed by atoms with Crippen LogP contribution in [0.15, 0.2) is 32.5 Å². The van der Waals surface area contributed by atoms with Gasteiger partial charge in [0.2, 0.25) is 0 Å². The number of carboxylic acid groups (broad SMARTS) is 1. The second kappa shape index (κ2) is 5.47. The van der Waals surface area contributed by atoms with Crippen molar-refractivity contribution in [2.24, 2.45) is 5.41 Å². The smallest absolute Gasteiger partial charge is 0.319 e. The van der Waals surface area contributed by atoms with Gasteiger partial charge in [-0.2, -0.15) is 0 Å². The van der Waals surface area contributed by atoms with Crippen LogP contribution in [0.4, 0.5) is 0 Å². The molecule has 2 aliphatic rings. The van der Waals surface area contributed by atoms with Crippen LogP contribution in [0.2, 0.25) is 0 Å². The molecule has 24 heavy (non-hydrogen) atoms. The molecule has 0 radical (unpaired) electrons. The lowest BCUT2D eigenvalue weighted by atomic mass is 9.68. The minimum Gasteiger partial charge on any atom is -0.481 e. The summed E-state index contributed by atoms with van der Waals surface area (Å²) >= 11 is 5.73.